The summed E-state index contributed by atoms with van der Waals surface area (Å²) in [7, 11) is 0. The van der Waals surface area contributed by atoms with E-state index in [2.05, 4.69) is 20.6 Å². The SMILES string of the molecule is CC(C)(C)OC(=O)N[C@H]1CC[C@H](Nc2ncnc3sc4c(c23)[C@@H](CO)CC4)CC1. The number of aliphatic hydroxyl groups excluding tert-OH is 1. The molecule has 1 atom stereocenters. The standard InChI is InChI=1S/C21H30N4O3S/c1-21(2,3)28-20(27)25-14-7-5-13(6-8-14)24-18-17-16-12(10-26)4-9-15(16)29-19(17)23-11-22-18/h11-14,26H,4-10H2,1-3H3,(H,25,27)(H,22,23,24)/t12-,13-,14-/m1/s1. The molecule has 0 radical (unpaired) electrons. The lowest BCUT2D eigenvalue weighted by molar-refractivity contribution is 0.0492. The summed E-state index contributed by atoms with van der Waals surface area (Å²) >= 11 is 1.73. The van der Waals surface area contributed by atoms with Crippen molar-refractivity contribution >= 4 is 33.5 Å². The van der Waals surface area contributed by atoms with Crippen molar-refractivity contribution in [3.8, 4) is 0 Å². The van der Waals surface area contributed by atoms with Gasteiger partial charge in [0.1, 0.15) is 22.6 Å². The van der Waals surface area contributed by atoms with Crippen molar-refractivity contribution in [3.63, 3.8) is 0 Å². The first-order valence-electron chi connectivity index (χ1n) is 10.5. The molecule has 158 valence electrons. The maximum absolute atomic E-state index is 12.0. The Morgan fingerprint density at radius 2 is 1.93 bits per heavy atom. The molecule has 0 aliphatic heterocycles. The number of alkyl carbamates (subject to hydrolysis) is 1. The molecule has 2 aliphatic carbocycles. The first kappa shape index (κ1) is 20.3. The molecule has 2 heterocycles. The van der Waals surface area contributed by atoms with Gasteiger partial charge in [0.15, 0.2) is 0 Å². The molecule has 0 bridgehead atoms. The summed E-state index contributed by atoms with van der Waals surface area (Å²) in [6.07, 6.45) is 7.04. The van der Waals surface area contributed by atoms with Crippen LogP contribution in [-0.4, -0.2) is 45.5 Å². The van der Waals surface area contributed by atoms with E-state index in [4.69, 9.17) is 4.74 Å². The van der Waals surface area contributed by atoms with Gasteiger partial charge in [-0.25, -0.2) is 14.8 Å². The summed E-state index contributed by atoms with van der Waals surface area (Å²) in [6.45, 7) is 5.80. The van der Waals surface area contributed by atoms with Crippen molar-refractivity contribution in [2.45, 2.75) is 82.9 Å². The maximum atomic E-state index is 12.0. The van der Waals surface area contributed by atoms with Crippen LogP contribution >= 0.6 is 11.3 Å². The Hall–Kier alpha value is -1.93. The molecule has 29 heavy (non-hydrogen) atoms. The molecular formula is C21H30N4O3S. The molecule has 2 aromatic rings. The van der Waals surface area contributed by atoms with Crippen LogP contribution in [0.1, 0.15) is 69.2 Å². The van der Waals surface area contributed by atoms with Gasteiger partial charge in [0.05, 0.1) is 12.0 Å². The average Bonchev–Trinajstić information content (AvgIpc) is 3.20. The third kappa shape index (κ3) is 4.48. The molecule has 1 amide bonds. The number of thiophene rings is 1. The molecule has 7 nitrogen and oxygen atoms in total. The van der Waals surface area contributed by atoms with Crippen LogP contribution in [0.3, 0.4) is 0 Å². The fourth-order valence-corrected chi connectivity index (χ4v) is 5.65. The van der Waals surface area contributed by atoms with Crippen LogP contribution in [0, 0.1) is 0 Å². The van der Waals surface area contributed by atoms with Crippen molar-refractivity contribution in [1.29, 1.82) is 0 Å². The number of nitrogens with zero attached hydrogens (tertiary/aromatic N) is 2. The van der Waals surface area contributed by atoms with Gasteiger partial charge < -0.3 is 20.5 Å². The summed E-state index contributed by atoms with van der Waals surface area (Å²) in [4.78, 5) is 23.4. The number of nitrogens with one attached hydrogen (secondary N) is 2. The molecule has 4 rings (SSSR count). The smallest absolute Gasteiger partial charge is 0.407 e. The Bertz CT molecular complexity index is 884. The fraction of sp³-hybridized carbons (Fsp3) is 0.667. The van der Waals surface area contributed by atoms with E-state index in [0.717, 1.165) is 54.6 Å². The van der Waals surface area contributed by atoms with Crippen LogP contribution in [0.25, 0.3) is 10.2 Å². The van der Waals surface area contributed by atoms with E-state index >= 15 is 0 Å². The van der Waals surface area contributed by atoms with Crippen LogP contribution in [0.2, 0.25) is 0 Å². The summed E-state index contributed by atoms with van der Waals surface area (Å²) in [5, 5.41) is 17.5. The number of aryl methyl sites for hydroxylation is 1. The van der Waals surface area contributed by atoms with E-state index < -0.39 is 5.60 Å². The number of rotatable bonds is 4. The van der Waals surface area contributed by atoms with Crippen LogP contribution in [0.15, 0.2) is 6.33 Å². The Balaban J connectivity index is 1.40. The zero-order valence-electron chi connectivity index (χ0n) is 17.3. The molecule has 2 aromatic heterocycles. The molecule has 3 N–H and O–H groups in total. The Morgan fingerprint density at radius 1 is 1.21 bits per heavy atom. The van der Waals surface area contributed by atoms with Gasteiger partial charge in [-0.05, 0) is 64.9 Å². The number of fused-ring (bicyclic) bond motifs is 3. The maximum Gasteiger partial charge on any atom is 0.407 e. The van der Waals surface area contributed by atoms with E-state index in [1.807, 2.05) is 20.8 Å². The largest absolute Gasteiger partial charge is 0.444 e. The normalized spacial score (nSPS) is 24.3. The highest BCUT2D eigenvalue weighted by Gasteiger charge is 2.30. The number of carbonyl (C=O) groups excluding carboxylic acids is 1. The third-order valence-corrected chi connectivity index (χ3v) is 6.91. The van der Waals surface area contributed by atoms with Gasteiger partial charge >= 0.3 is 6.09 Å². The lowest BCUT2D eigenvalue weighted by Crippen LogP contribution is -2.42. The zero-order chi connectivity index (χ0) is 20.6. The minimum Gasteiger partial charge on any atom is -0.444 e. The van der Waals surface area contributed by atoms with E-state index in [1.54, 1.807) is 17.7 Å². The molecule has 0 spiro atoms. The second kappa shape index (κ2) is 8.07. The average molecular weight is 419 g/mol. The molecule has 0 saturated heterocycles. The van der Waals surface area contributed by atoms with Gasteiger partial charge in [-0.2, -0.15) is 0 Å². The number of hydrogen-bond acceptors (Lipinski definition) is 7. The predicted molar refractivity (Wildman–Crippen MR) is 115 cm³/mol. The summed E-state index contributed by atoms with van der Waals surface area (Å²) < 4.78 is 5.36. The molecule has 1 saturated carbocycles. The second-order valence-corrected chi connectivity index (χ2v) is 10.2. The molecule has 0 unspecified atom stereocenters. The summed E-state index contributed by atoms with van der Waals surface area (Å²) in [5.41, 5.74) is 0.768. The Morgan fingerprint density at radius 3 is 2.62 bits per heavy atom. The molecule has 2 aliphatic rings. The molecule has 1 fully saturated rings. The number of ether oxygens (including phenoxy) is 1. The quantitative estimate of drug-likeness (QED) is 0.695. The Kier molecular flexibility index (Phi) is 5.66. The minimum atomic E-state index is -0.478. The number of hydrogen-bond donors (Lipinski definition) is 3. The van der Waals surface area contributed by atoms with Gasteiger partial charge in [0, 0.05) is 22.9 Å². The van der Waals surface area contributed by atoms with Gasteiger partial charge in [-0.1, -0.05) is 0 Å². The van der Waals surface area contributed by atoms with E-state index in [9.17, 15) is 9.90 Å². The van der Waals surface area contributed by atoms with Crippen molar-refractivity contribution < 1.29 is 14.6 Å². The van der Waals surface area contributed by atoms with Gasteiger partial charge in [0.25, 0.3) is 0 Å². The number of aromatic nitrogens is 2. The van der Waals surface area contributed by atoms with E-state index in [0.29, 0.717) is 6.04 Å². The highest BCUT2D eigenvalue weighted by Crippen LogP contribution is 2.45. The lowest BCUT2D eigenvalue weighted by Gasteiger charge is -2.31. The Labute approximate surface area is 175 Å². The van der Waals surface area contributed by atoms with Gasteiger partial charge in [-0.3, -0.25) is 0 Å². The highest BCUT2D eigenvalue weighted by atomic mass is 32.1. The van der Waals surface area contributed by atoms with Crippen LogP contribution in [0.4, 0.5) is 10.6 Å². The van der Waals surface area contributed by atoms with E-state index in [-0.39, 0.29) is 24.7 Å². The lowest BCUT2D eigenvalue weighted by atomic mass is 9.91. The van der Waals surface area contributed by atoms with Crippen molar-refractivity contribution in [2.75, 3.05) is 11.9 Å². The third-order valence-electron chi connectivity index (χ3n) is 5.74. The van der Waals surface area contributed by atoms with Crippen LogP contribution < -0.4 is 10.6 Å². The van der Waals surface area contributed by atoms with Crippen molar-refractivity contribution in [1.82, 2.24) is 15.3 Å². The van der Waals surface area contributed by atoms with E-state index in [1.165, 1.54) is 10.4 Å². The monoisotopic (exact) mass is 418 g/mol. The van der Waals surface area contributed by atoms with Crippen LogP contribution in [-0.2, 0) is 11.2 Å². The first-order chi connectivity index (χ1) is 13.8. The first-order valence-corrected chi connectivity index (χ1v) is 11.3. The zero-order valence-corrected chi connectivity index (χ0v) is 18.1. The van der Waals surface area contributed by atoms with Gasteiger partial charge in [0.2, 0.25) is 0 Å². The predicted octanol–water partition coefficient (Wildman–Crippen LogP) is 3.96. The summed E-state index contributed by atoms with van der Waals surface area (Å²) in [5.74, 6) is 1.08. The van der Waals surface area contributed by atoms with Crippen LogP contribution in [0.5, 0.6) is 0 Å². The molecule has 0 aromatic carbocycles. The second-order valence-electron chi connectivity index (χ2n) is 9.10. The minimum absolute atomic E-state index is 0.150. The highest BCUT2D eigenvalue weighted by molar-refractivity contribution is 7.19. The number of carbonyl (C=O) groups is 1. The number of aliphatic hydroxyl groups is 1. The van der Waals surface area contributed by atoms with Gasteiger partial charge in [-0.15, -0.1) is 11.3 Å². The number of amides is 1. The molecule has 8 heteroatoms. The molecular weight excluding hydrogens is 388 g/mol. The topological polar surface area (TPSA) is 96.4 Å². The number of anilines is 1. The van der Waals surface area contributed by atoms with Crippen molar-refractivity contribution in [3.05, 3.63) is 16.8 Å². The van der Waals surface area contributed by atoms with Crippen molar-refractivity contribution in [2.24, 2.45) is 0 Å². The summed E-state index contributed by atoms with van der Waals surface area (Å²) in [6, 6.07) is 0.465. The fourth-order valence-electron chi connectivity index (χ4n) is 4.41.